The van der Waals surface area contributed by atoms with Gasteiger partial charge in [0.05, 0.1) is 22.1 Å². The minimum absolute atomic E-state index is 0.553. The number of pyridine rings is 1. The van der Waals surface area contributed by atoms with Crippen molar-refractivity contribution in [1.82, 2.24) is 24.5 Å². The lowest BCUT2D eigenvalue weighted by Crippen LogP contribution is -2.01. The largest absolute Gasteiger partial charge is 0.454 e. The molecule has 4 aromatic heterocycles. The predicted molar refractivity (Wildman–Crippen MR) is 236 cm³/mol. The molecule has 270 valence electrons. The van der Waals surface area contributed by atoms with Crippen LogP contribution in [0.1, 0.15) is 0 Å². The second-order valence-electron chi connectivity index (χ2n) is 14.7. The van der Waals surface area contributed by atoms with Gasteiger partial charge >= 0.3 is 0 Å². The van der Waals surface area contributed by atoms with Gasteiger partial charge in [-0.25, -0.2) is 15.0 Å². The third-order valence-corrected chi connectivity index (χ3v) is 11.3. The molecule has 58 heavy (non-hydrogen) atoms. The summed E-state index contributed by atoms with van der Waals surface area (Å²) in [6, 6.07) is 63.5. The van der Waals surface area contributed by atoms with Gasteiger partial charge in [0, 0.05) is 39.0 Å². The van der Waals surface area contributed by atoms with Gasteiger partial charge in [-0.05, 0) is 81.9 Å². The number of benzene rings is 8. The molecule has 8 aromatic carbocycles. The molecule has 0 radical (unpaired) electrons. The van der Waals surface area contributed by atoms with Crippen LogP contribution in [-0.2, 0) is 0 Å². The monoisotopic (exact) mass is 741 g/mol. The van der Waals surface area contributed by atoms with E-state index >= 15 is 0 Å². The van der Waals surface area contributed by atoms with Crippen LogP contribution in [0.15, 0.2) is 193 Å². The fourth-order valence-corrected chi connectivity index (χ4v) is 8.56. The molecular formula is C52H31N5O. The smallest absolute Gasteiger partial charge is 0.164 e. The zero-order valence-electron chi connectivity index (χ0n) is 31.0. The van der Waals surface area contributed by atoms with E-state index in [0.717, 1.165) is 66.0 Å². The third kappa shape index (κ3) is 5.12. The zero-order chi connectivity index (χ0) is 38.2. The molecule has 0 saturated carbocycles. The SMILES string of the molecule is c1ccc(-c2ccc3cc(-c4nc(-c5ccc6c(-n7c8ccccc8c8ccccc87)cccc6c5)nc(-c5cccc6oc7cccnc7c56)n4)ccc3c2)cc1. The van der Waals surface area contributed by atoms with Gasteiger partial charge in [-0.2, -0.15) is 0 Å². The topological polar surface area (TPSA) is 69.6 Å². The fourth-order valence-electron chi connectivity index (χ4n) is 8.56. The highest BCUT2D eigenvalue weighted by Gasteiger charge is 2.20. The minimum atomic E-state index is 0.553. The van der Waals surface area contributed by atoms with Crippen LogP contribution in [0.2, 0.25) is 0 Å². The van der Waals surface area contributed by atoms with Gasteiger partial charge in [-0.15, -0.1) is 0 Å². The maximum atomic E-state index is 6.24. The van der Waals surface area contributed by atoms with E-state index in [-0.39, 0.29) is 0 Å². The average Bonchev–Trinajstić information content (AvgIpc) is 3.84. The Morgan fingerprint density at radius 1 is 0.397 bits per heavy atom. The minimum Gasteiger partial charge on any atom is -0.454 e. The van der Waals surface area contributed by atoms with E-state index in [0.29, 0.717) is 17.5 Å². The highest BCUT2D eigenvalue weighted by atomic mass is 16.3. The Labute approximate surface area is 332 Å². The summed E-state index contributed by atoms with van der Waals surface area (Å²) in [7, 11) is 0. The van der Waals surface area contributed by atoms with Crippen LogP contribution in [0, 0.1) is 0 Å². The summed E-state index contributed by atoms with van der Waals surface area (Å²) in [4.78, 5) is 20.3. The van der Waals surface area contributed by atoms with E-state index in [9.17, 15) is 0 Å². The molecule has 0 spiro atoms. The van der Waals surface area contributed by atoms with Gasteiger partial charge in [-0.1, -0.05) is 127 Å². The van der Waals surface area contributed by atoms with Crippen molar-refractivity contribution in [3.8, 4) is 51.0 Å². The summed E-state index contributed by atoms with van der Waals surface area (Å²) < 4.78 is 8.62. The number of hydrogen-bond donors (Lipinski definition) is 0. The van der Waals surface area contributed by atoms with Gasteiger partial charge < -0.3 is 8.98 Å². The lowest BCUT2D eigenvalue weighted by Gasteiger charge is -2.13. The Morgan fingerprint density at radius 2 is 1.02 bits per heavy atom. The highest BCUT2D eigenvalue weighted by Crippen LogP contribution is 2.38. The van der Waals surface area contributed by atoms with Gasteiger partial charge in [0.15, 0.2) is 23.1 Å². The highest BCUT2D eigenvalue weighted by molar-refractivity contribution is 6.11. The molecule has 6 heteroatoms. The summed E-state index contributed by atoms with van der Waals surface area (Å²) in [5, 5.41) is 7.83. The van der Waals surface area contributed by atoms with Crippen molar-refractivity contribution in [1.29, 1.82) is 0 Å². The first-order chi connectivity index (χ1) is 28.7. The lowest BCUT2D eigenvalue weighted by atomic mass is 10.00. The molecule has 0 aliphatic carbocycles. The first kappa shape index (κ1) is 32.3. The van der Waals surface area contributed by atoms with Crippen molar-refractivity contribution in [3.63, 3.8) is 0 Å². The van der Waals surface area contributed by atoms with Gasteiger partial charge in [0.2, 0.25) is 0 Å². The maximum absolute atomic E-state index is 6.24. The van der Waals surface area contributed by atoms with E-state index in [1.165, 1.54) is 32.9 Å². The molecule has 0 fully saturated rings. The van der Waals surface area contributed by atoms with Crippen LogP contribution in [-0.4, -0.2) is 24.5 Å². The van der Waals surface area contributed by atoms with Crippen molar-refractivity contribution in [2.75, 3.05) is 0 Å². The van der Waals surface area contributed by atoms with E-state index in [1.807, 2.05) is 36.4 Å². The summed E-state index contributed by atoms with van der Waals surface area (Å²) in [6.07, 6.45) is 1.79. The first-order valence-electron chi connectivity index (χ1n) is 19.4. The molecule has 0 bridgehead atoms. The zero-order valence-corrected chi connectivity index (χ0v) is 31.0. The van der Waals surface area contributed by atoms with E-state index in [4.69, 9.17) is 24.4 Å². The van der Waals surface area contributed by atoms with Crippen LogP contribution in [0.4, 0.5) is 0 Å². The average molecular weight is 742 g/mol. The molecule has 0 saturated heterocycles. The van der Waals surface area contributed by atoms with Crippen LogP contribution in [0.25, 0.3) is 116 Å². The summed E-state index contributed by atoms with van der Waals surface area (Å²) in [5.74, 6) is 1.73. The van der Waals surface area contributed by atoms with Gasteiger partial charge in [0.1, 0.15) is 11.1 Å². The second kappa shape index (κ2) is 12.8. The molecular weight excluding hydrogens is 711 g/mol. The Balaban J connectivity index is 1.04. The number of aromatic nitrogens is 5. The van der Waals surface area contributed by atoms with E-state index in [1.54, 1.807) is 6.20 Å². The van der Waals surface area contributed by atoms with Gasteiger partial charge in [0.25, 0.3) is 0 Å². The molecule has 0 aliphatic heterocycles. The van der Waals surface area contributed by atoms with Crippen molar-refractivity contribution in [3.05, 3.63) is 188 Å². The lowest BCUT2D eigenvalue weighted by molar-refractivity contribution is 0.668. The molecule has 6 nitrogen and oxygen atoms in total. The van der Waals surface area contributed by atoms with E-state index < -0.39 is 0 Å². The summed E-state index contributed by atoms with van der Waals surface area (Å²) >= 11 is 0. The normalized spacial score (nSPS) is 11.8. The quantitative estimate of drug-likeness (QED) is 0.176. The standard InChI is InChI=1S/C52H31N5O/c1-2-11-32(12-3-1)33-22-23-35-30-37(25-24-34(35)29-33)50-54-51(56-52(55-50)42-16-9-20-46-48(42)49-47(58-46)21-10-28-53-49)38-26-27-39-36(31-38)13-8-19-43(39)57-44-17-6-4-14-40(44)41-15-5-7-18-45(41)57/h1-31H. The molecule has 0 atom stereocenters. The molecule has 0 aliphatic rings. The molecule has 0 amide bonds. The second-order valence-corrected chi connectivity index (χ2v) is 14.7. The Hall–Kier alpha value is -7.96. The van der Waals surface area contributed by atoms with Crippen LogP contribution in [0.3, 0.4) is 0 Å². The Bertz CT molecular complexity index is 3530. The predicted octanol–water partition coefficient (Wildman–Crippen LogP) is 13.2. The Morgan fingerprint density at radius 3 is 1.79 bits per heavy atom. The molecule has 4 heterocycles. The molecule has 12 rings (SSSR count). The van der Waals surface area contributed by atoms with Crippen LogP contribution in [0.5, 0.6) is 0 Å². The summed E-state index contributed by atoms with van der Waals surface area (Å²) in [5.41, 5.74) is 10.7. The fraction of sp³-hybridized carbons (Fsp3) is 0. The summed E-state index contributed by atoms with van der Waals surface area (Å²) in [6.45, 7) is 0. The van der Waals surface area contributed by atoms with E-state index in [2.05, 4.69) is 150 Å². The molecule has 12 aromatic rings. The molecule has 0 unspecified atom stereocenters. The third-order valence-electron chi connectivity index (χ3n) is 11.3. The van der Waals surface area contributed by atoms with Crippen LogP contribution >= 0.6 is 0 Å². The number of fused-ring (bicyclic) bond motifs is 8. The number of rotatable bonds is 5. The number of hydrogen-bond acceptors (Lipinski definition) is 5. The molecule has 0 N–H and O–H groups in total. The number of nitrogens with zero attached hydrogens (tertiary/aromatic N) is 5. The van der Waals surface area contributed by atoms with Crippen molar-refractivity contribution >= 4 is 65.4 Å². The van der Waals surface area contributed by atoms with Crippen molar-refractivity contribution < 1.29 is 4.42 Å². The van der Waals surface area contributed by atoms with Crippen LogP contribution < -0.4 is 0 Å². The number of para-hydroxylation sites is 2. The van der Waals surface area contributed by atoms with Gasteiger partial charge in [-0.3, -0.25) is 4.98 Å². The Kier molecular flexibility index (Phi) is 7.13. The van der Waals surface area contributed by atoms with Crippen molar-refractivity contribution in [2.24, 2.45) is 0 Å². The number of furan rings is 1. The van der Waals surface area contributed by atoms with Crippen molar-refractivity contribution in [2.45, 2.75) is 0 Å². The maximum Gasteiger partial charge on any atom is 0.164 e. The first-order valence-corrected chi connectivity index (χ1v) is 19.4.